The third kappa shape index (κ3) is 11.6. The second-order valence-corrected chi connectivity index (χ2v) is 13.7. The van der Waals surface area contributed by atoms with Crippen LogP contribution in [0.1, 0.15) is 113 Å². The van der Waals surface area contributed by atoms with Crippen LogP contribution in [0, 0.1) is 29.6 Å². The first-order valence-corrected chi connectivity index (χ1v) is 17.5. The maximum absolute atomic E-state index is 14.6. The highest BCUT2D eigenvalue weighted by Gasteiger charge is 2.28. The van der Waals surface area contributed by atoms with E-state index in [-0.39, 0.29) is 29.0 Å². The van der Waals surface area contributed by atoms with Gasteiger partial charge in [-0.2, -0.15) is 0 Å². The second-order valence-electron chi connectivity index (χ2n) is 13.7. The van der Waals surface area contributed by atoms with Gasteiger partial charge in [0.05, 0.1) is 23.0 Å². The Morgan fingerprint density at radius 1 is 0.745 bits per heavy atom. The number of amides is 4. The topological polar surface area (TPSA) is 231 Å². The molecule has 0 aliphatic rings. The molecule has 4 amide bonds. The van der Waals surface area contributed by atoms with Gasteiger partial charge in [0, 0.05) is 62.5 Å². The Bertz CT molecular complexity index is 1650. The number of anilines is 2. The molecule has 14 nitrogen and oxygen atoms in total. The Balaban J connectivity index is 2.17. The monoisotopic (exact) mass is 702 g/mol. The van der Waals surface area contributed by atoms with Crippen LogP contribution in [-0.2, 0) is 13.1 Å². The molecular weight excluding hydrogens is 648 g/mol. The van der Waals surface area contributed by atoms with Crippen molar-refractivity contribution in [1.29, 1.82) is 10.8 Å². The third-order valence-corrected chi connectivity index (χ3v) is 8.40. The second kappa shape index (κ2) is 18.6. The largest absolute Gasteiger partial charge is 0.388 e. The molecule has 51 heavy (non-hydrogen) atoms. The van der Waals surface area contributed by atoms with E-state index in [0.717, 1.165) is 12.8 Å². The molecule has 0 unspecified atom stereocenters. The summed E-state index contributed by atoms with van der Waals surface area (Å²) in [5, 5.41) is 20.8. The SMILES string of the molecule is Cc1cc(C(N)=O)ccc1C(=O)N(c1cc(C(=O)NCCCC(=N)N)n(CCC(C)C)c1)c1cc(C(=O)NCCCC(=N)N)n(CCC(C)C)c1. The molecule has 0 radical (unpaired) electrons. The van der Waals surface area contributed by atoms with E-state index < -0.39 is 11.8 Å². The standard InChI is InChI=1S/C37H54N10O4/c1-23(2)12-16-45-21-27(19-30(45)35(49)43-14-6-8-32(38)39)47(37(51)29-11-10-26(34(42)48)18-25(29)5)28-20-31(46(22-28)17-13-24(3)4)36(50)44-15-7-9-33(40)41/h10-11,18-24H,6-9,12-17H2,1-5H3,(H3,38,39)(H3,40,41)(H2,42,48)(H,43,49)(H,44,50). The van der Waals surface area contributed by atoms with Crippen molar-refractivity contribution < 1.29 is 19.2 Å². The first-order chi connectivity index (χ1) is 24.1. The van der Waals surface area contributed by atoms with Crippen LogP contribution in [0.15, 0.2) is 42.7 Å². The molecule has 3 aromatic rings. The number of hydrogen-bond acceptors (Lipinski definition) is 6. The summed E-state index contributed by atoms with van der Waals surface area (Å²) in [7, 11) is 0. The molecule has 0 atom stereocenters. The molecule has 14 heteroatoms. The van der Waals surface area contributed by atoms with Crippen LogP contribution >= 0.6 is 0 Å². The summed E-state index contributed by atoms with van der Waals surface area (Å²) < 4.78 is 3.66. The Hall–Kier alpha value is -5.40. The molecule has 276 valence electrons. The van der Waals surface area contributed by atoms with Crippen LogP contribution in [0.25, 0.3) is 0 Å². The lowest BCUT2D eigenvalue weighted by atomic mass is 10.0. The Kier molecular flexibility index (Phi) is 14.6. The first kappa shape index (κ1) is 40.0. The number of hydrogen-bond donors (Lipinski definition) is 7. The van der Waals surface area contributed by atoms with Crippen molar-refractivity contribution >= 4 is 46.7 Å². The lowest BCUT2D eigenvalue weighted by molar-refractivity contribution is 0.0935. The fraction of sp³-hybridized carbons (Fsp3) is 0.459. The summed E-state index contributed by atoms with van der Waals surface area (Å²) in [5.41, 5.74) is 19.2. The fourth-order valence-corrected chi connectivity index (χ4v) is 5.48. The number of nitrogens with zero attached hydrogens (tertiary/aromatic N) is 3. The number of nitrogens with one attached hydrogen (secondary N) is 4. The van der Waals surface area contributed by atoms with Gasteiger partial charge >= 0.3 is 0 Å². The van der Waals surface area contributed by atoms with Gasteiger partial charge < -0.3 is 37.0 Å². The van der Waals surface area contributed by atoms with Gasteiger partial charge in [-0.1, -0.05) is 27.7 Å². The van der Waals surface area contributed by atoms with E-state index in [1.54, 1.807) is 43.6 Å². The molecular formula is C37H54N10O4. The van der Waals surface area contributed by atoms with Crippen molar-refractivity contribution in [3.63, 3.8) is 0 Å². The van der Waals surface area contributed by atoms with Gasteiger partial charge in [0.1, 0.15) is 11.4 Å². The van der Waals surface area contributed by atoms with Crippen molar-refractivity contribution in [2.75, 3.05) is 18.0 Å². The molecule has 0 spiro atoms. The van der Waals surface area contributed by atoms with Gasteiger partial charge in [-0.3, -0.25) is 34.9 Å². The van der Waals surface area contributed by atoms with E-state index in [1.807, 2.05) is 9.13 Å². The molecule has 2 heterocycles. The van der Waals surface area contributed by atoms with Crippen LogP contribution in [0.5, 0.6) is 0 Å². The van der Waals surface area contributed by atoms with E-state index in [4.69, 9.17) is 28.0 Å². The molecule has 0 aliphatic heterocycles. The minimum absolute atomic E-state index is 0.0459. The number of nitrogens with two attached hydrogens (primary N) is 3. The predicted molar refractivity (Wildman–Crippen MR) is 201 cm³/mol. The Labute approximate surface area is 300 Å². The molecule has 10 N–H and O–H groups in total. The summed E-state index contributed by atoms with van der Waals surface area (Å²) in [4.78, 5) is 55.1. The van der Waals surface area contributed by atoms with Gasteiger partial charge in [0.25, 0.3) is 17.7 Å². The van der Waals surface area contributed by atoms with Crippen LogP contribution in [0.3, 0.4) is 0 Å². The minimum atomic E-state index is -0.615. The zero-order valence-corrected chi connectivity index (χ0v) is 30.5. The van der Waals surface area contributed by atoms with Crippen LogP contribution in [0.2, 0.25) is 0 Å². The number of rotatable bonds is 20. The Morgan fingerprint density at radius 3 is 1.57 bits per heavy atom. The average molecular weight is 703 g/mol. The summed E-state index contributed by atoms with van der Waals surface area (Å²) in [6.45, 7) is 11.8. The van der Waals surface area contributed by atoms with Crippen molar-refractivity contribution in [1.82, 2.24) is 19.8 Å². The lowest BCUT2D eigenvalue weighted by Gasteiger charge is -2.21. The highest BCUT2D eigenvalue weighted by atomic mass is 16.2. The predicted octanol–water partition coefficient (Wildman–Crippen LogP) is 4.66. The fourth-order valence-electron chi connectivity index (χ4n) is 5.48. The number of carbonyl (C=O) groups excluding carboxylic acids is 4. The first-order valence-electron chi connectivity index (χ1n) is 17.5. The van der Waals surface area contributed by atoms with Crippen molar-refractivity contribution in [3.8, 4) is 0 Å². The third-order valence-electron chi connectivity index (χ3n) is 8.40. The molecule has 0 saturated heterocycles. The van der Waals surface area contributed by atoms with Crippen molar-refractivity contribution in [3.05, 3.63) is 70.8 Å². The molecule has 0 saturated carbocycles. The smallest absolute Gasteiger partial charge is 0.267 e. The van der Waals surface area contributed by atoms with Gasteiger partial charge in [0.15, 0.2) is 0 Å². The van der Waals surface area contributed by atoms with Gasteiger partial charge in [0.2, 0.25) is 5.91 Å². The average Bonchev–Trinajstić information content (AvgIpc) is 3.67. The van der Waals surface area contributed by atoms with Crippen LogP contribution in [-0.4, -0.2) is 57.5 Å². The molecule has 1 aromatic carbocycles. The van der Waals surface area contributed by atoms with Gasteiger partial charge in [-0.15, -0.1) is 0 Å². The highest BCUT2D eigenvalue weighted by Crippen LogP contribution is 2.33. The van der Waals surface area contributed by atoms with Crippen molar-refractivity contribution in [2.45, 2.75) is 86.2 Å². The lowest BCUT2D eigenvalue weighted by Crippen LogP contribution is -2.28. The zero-order valence-electron chi connectivity index (χ0n) is 30.5. The maximum atomic E-state index is 14.6. The van der Waals surface area contributed by atoms with E-state index in [9.17, 15) is 19.2 Å². The summed E-state index contributed by atoms with van der Waals surface area (Å²) >= 11 is 0. The molecule has 0 fully saturated rings. The molecule has 3 rings (SSSR count). The molecule has 0 bridgehead atoms. The van der Waals surface area contributed by atoms with Gasteiger partial charge in [-0.25, -0.2) is 0 Å². The zero-order chi connectivity index (χ0) is 37.8. The maximum Gasteiger partial charge on any atom is 0.267 e. The number of benzene rings is 1. The number of primary amides is 1. The normalized spacial score (nSPS) is 11.1. The number of amidine groups is 2. The van der Waals surface area contributed by atoms with E-state index in [2.05, 4.69) is 38.3 Å². The van der Waals surface area contributed by atoms with E-state index in [1.165, 1.54) is 11.0 Å². The molecule has 2 aromatic heterocycles. The summed E-state index contributed by atoms with van der Waals surface area (Å²) in [6, 6.07) is 7.95. The summed E-state index contributed by atoms with van der Waals surface area (Å²) in [5.74, 6) is -0.917. The highest BCUT2D eigenvalue weighted by molar-refractivity contribution is 6.13. The van der Waals surface area contributed by atoms with Crippen molar-refractivity contribution in [2.24, 2.45) is 29.0 Å². The minimum Gasteiger partial charge on any atom is -0.388 e. The summed E-state index contributed by atoms with van der Waals surface area (Å²) in [6.07, 6.45) is 6.83. The quantitative estimate of drug-likeness (QED) is 0.0502. The molecule has 0 aliphatic carbocycles. The van der Waals surface area contributed by atoms with Gasteiger partial charge in [-0.05, 0) is 80.3 Å². The number of carbonyl (C=O) groups is 4. The number of aromatic nitrogens is 2. The Morgan fingerprint density at radius 2 is 1.20 bits per heavy atom. The van der Waals surface area contributed by atoms with E-state index >= 15 is 0 Å². The number of aryl methyl sites for hydroxylation is 3. The van der Waals surface area contributed by atoms with Crippen LogP contribution in [0.4, 0.5) is 11.4 Å². The van der Waals surface area contributed by atoms with Crippen LogP contribution < -0.4 is 32.7 Å². The van der Waals surface area contributed by atoms with E-state index in [0.29, 0.717) is 97.6 Å².